The number of hydrogen-bond donors (Lipinski definition) is 0. The first-order valence-corrected chi connectivity index (χ1v) is 4.67. The number of aromatic nitrogens is 1. The highest BCUT2D eigenvalue weighted by Gasteiger charge is 2.08. The fourth-order valence-electron chi connectivity index (χ4n) is 0.906. The van der Waals surface area contributed by atoms with E-state index in [1.54, 1.807) is 32.2 Å². The summed E-state index contributed by atoms with van der Waals surface area (Å²) in [5, 5.41) is 0. The van der Waals surface area contributed by atoms with E-state index in [-0.39, 0.29) is 0 Å². The highest BCUT2D eigenvalue weighted by molar-refractivity contribution is 7.98. The molecule has 3 nitrogen and oxygen atoms in total. The molecule has 0 radical (unpaired) electrons. The lowest BCUT2D eigenvalue weighted by Crippen LogP contribution is -1.93. The smallest absolute Gasteiger partial charge is 0.230 e. The number of rotatable bonds is 3. The Balaban J connectivity index is 3.13. The Bertz CT molecular complexity index is 243. The van der Waals surface area contributed by atoms with Crippen LogP contribution >= 0.6 is 11.8 Å². The van der Waals surface area contributed by atoms with Crippen molar-refractivity contribution in [3.05, 3.63) is 12.3 Å². The maximum Gasteiger partial charge on any atom is 0.230 e. The van der Waals surface area contributed by atoms with E-state index in [2.05, 4.69) is 4.98 Å². The Labute approximate surface area is 76.1 Å². The molecule has 4 heteroatoms. The second kappa shape index (κ2) is 4.21. The zero-order chi connectivity index (χ0) is 8.97. The van der Waals surface area contributed by atoms with Gasteiger partial charge in [-0.3, -0.25) is 0 Å². The molecule has 0 saturated carbocycles. The quantitative estimate of drug-likeness (QED) is 0.672. The predicted octanol–water partition coefficient (Wildman–Crippen LogP) is 1.82. The van der Waals surface area contributed by atoms with Crippen molar-refractivity contribution in [3.8, 4) is 11.6 Å². The third kappa shape index (κ3) is 1.64. The summed E-state index contributed by atoms with van der Waals surface area (Å²) in [6.45, 7) is 0. The second-order valence-corrected chi connectivity index (χ2v) is 2.87. The van der Waals surface area contributed by atoms with E-state index in [4.69, 9.17) is 9.47 Å². The number of pyridine rings is 1. The molecule has 0 unspecified atom stereocenters. The van der Waals surface area contributed by atoms with Gasteiger partial charge in [-0.15, -0.1) is 11.8 Å². The summed E-state index contributed by atoms with van der Waals surface area (Å²) in [6.07, 6.45) is 3.62. The number of nitrogens with zero attached hydrogens (tertiary/aromatic N) is 1. The van der Waals surface area contributed by atoms with Crippen molar-refractivity contribution in [2.45, 2.75) is 4.90 Å². The van der Waals surface area contributed by atoms with Crippen molar-refractivity contribution in [2.24, 2.45) is 0 Å². The standard InChI is InChI=1S/C8H11NO2S/c1-10-6-4-5-9-8(11-2)7(6)12-3/h4-5H,1-3H3. The van der Waals surface area contributed by atoms with Crippen LogP contribution in [0, 0.1) is 0 Å². The summed E-state index contributed by atoms with van der Waals surface area (Å²) in [7, 11) is 3.23. The average Bonchev–Trinajstić information content (AvgIpc) is 2.16. The van der Waals surface area contributed by atoms with E-state index in [0.29, 0.717) is 5.88 Å². The van der Waals surface area contributed by atoms with Gasteiger partial charge in [0.2, 0.25) is 5.88 Å². The van der Waals surface area contributed by atoms with Gasteiger partial charge in [0, 0.05) is 6.20 Å². The van der Waals surface area contributed by atoms with Gasteiger partial charge in [-0.25, -0.2) is 4.98 Å². The molecule has 1 rings (SSSR count). The van der Waals surface area contributed by atoms with E-state index in [1.165, 1.54) is 0 Å². The van der Waals surface area contributed by atoms with Crippen LogP contribution in [-0.2, 0) is 0 Å². The predicted molar refractivity (Wildman–Crippen MR) is 49.1 cm³/mol. The molecule has 0 aliphatic heterocycles. The molecule has 0 bridgehead atoms. The van der Waals surface area contributed by atoms with Crippen molar-refractivity contribution >= 4 is 11.8 Å². The van der Waals surface area contributed by atoms with Gasteiger partial charge in [-0.1, -0.05) is 0 Å². The van der Waals surface area contributed by atoms with Gasteiger partial charge < -0.3 is 9.47 Å². The molecule has 0 aromatic carbocycles. The van der Waals surface area contributed by atoms with E-state index < -0.39 is 0 Å². The van der Waals surface area contributed by atoms with Crippen LogP contribution in [0.15, 0.2) is 17.2 Å². The lowest BCUT2D eigenvalue weighted by Gasteiger charge is -2.08. The van der Waals surface area contributed by atoms with Crippen LogP contribution in [0.4, 0.5) is 0 Å². The Hall–Kier alpha value is -0.900. The minimum Gasteiger partial charge on any atom is -0.495 e. The molecular formula is C8H11NO2S. The molecule has 0 N–H and O–H groups in total. The molecule has 0 aliphatic rings. The fraction of sp³-hybridized carbons (Fsp3) is 0.375. The van der Waals surface area contributed by atoms with E-state index in [9.17, 15) is 0 Å². The summed E-state index contributed by atoms with van der Waals surface area (Å²) in [4.78, 5) is 4.99. The average molecular weight is 185 g/mol. The van der Waals surface area contributed by atoms with Crippen molar-refractivity contribution < 1.29 is 9.47 Å². The Morgan fingerprint density at radius 3 is 2.58 bits per heavy atom. The molecule has 66 valence electrons. The van der Waals surface area contributed by atoms with E-state index >= 15 is 0 Å². The number of thioether (sulfide) groups is 1. The van der Waals surface area contributed by atoms with E-state index in [1.807, 2.05) is 12.3 Å². The molecule has 0 aliphatic carbocycles. The molecule has 0 spiro atoms. The highest BCUT2D eigenvalue weighted by Crippen LogP contribution is 2.33. The summed E-state index contributed by atoms with van der Waals surface area (Å²) >= 11 is 1.56. The van der Waals surface area contributed by atoms with Gasteiger partial charge in [0.1, 0.15) is 10.6 Å². The van der Waals surface area contributed by atoms with Gasteiger partial charge in [0.05, 0.1) is 14.2 Å². The molecule has 1 heterocycles. The monoisotopic (exact) mass is 185 g/mol. The molecular weight excluding hydrogens is 174 g/mol. The second-order valence-electron chi connectivity index (χ2n) is 2.06. The summed E-state index contributed by atoms with van der Waals surface area (Å²) in [5.41, 5.74) is 0. The summed E-state index contributed by atoms with van der Waals surface area (Å²) < 4.78 is 10.2. The largest absolute Gasteiger partial charge is 0.495 e. The van der Waals surface area contributed by atoms with Gasteiger partial charge in [-0.2, -0.15) is 0 Å². The molecule has 1 aromatic rings. The summed E-state index contributed by atoms with van der Waals surface area (Å²) in [6, 6.07) is 1.81. The number of hydrogen-bond acceptors (Lipinski definition) is 4. The van der Waals surface area contributed by atoms with Crippen LogP contribution in [0.2, 0.25) is 0 Å². The normalized spacial score (nSPS) is 9.58. The molecule has 0 saturated heterocycles. The highest BCUT2D eigenvalue weighted by atomic mass is 32.2. The molecule has 0 atom stereocenters. The maximum atomic E-state index is 5.14. The van der Waals surface area contributed by atoms with Crippen LogP contribution in [0.25, 0.3) is 0 Å². The van der Waals surface area contributed by atoms with Crippen LogP contribution in [-0.4, -0.2) is 25.5 Å². The van der Waals surface area contributed by atoms with Crippen LogP contribution in [0.5, 0.6) is 11.6 Å². The van der Waals surface area contributed by atoms with Crippen LogP contribution in [0.3, 0.4) is 0 Å². The SMILES string of the molecule is COc1ccnc(OC)c1SC. The topological polar surface area (TPSA) is 31.4 Å². The van der Waals surface area contributed by atoms with Crippen molar-refractivity contribution in [1.29, 1.82) is 0 Å². The lowest BCUT2D eigenvalue weighted by atomic mass is 10.4. The van der Waals surface area contributed by atoms with Gasteiger partial charge in [0.15, 0.2) is 0 Å². The van der Waals surface area contributed by atoms with Crippen LogP contribution in [0.1, 0.15) is 0 Å². The van der Waals surface area contributed by atoms with Crippen molar-refractivity contribution in [3.63, 3.8) is 0 Å². The van der Waals surface area contributed by atoms with E-state index in [0.717, 1.165) is 10.6 Å². The molecule has 12 heavy (non-hydrogen) atoms. The van der Waals surface area contributed by atoms with Gasteiger partial charge in [0.25, 0.3) is 0 Å². The van der Waals surface area contributed by atoms with Crippen LogP contribution < -0.4 is 9.47 Å². The molecule has 0 amide bonds. The fourth-order valence-corrected chi connectivity index (χ4v) is 1.57. The zero-order valence-corrected chi connectivity index (χ0v) is 8.14. The van der Waals surface area contributed by atoms with Gasteiger partial charge in [-0.05, 0) is 12.3 Å². The minimum atomic E-state index is 0.613. The first-order valence-electron chi connectivity index (χ1n) is 3.44. The Kier molecular flexibility index (Phi) is 3.22. The minimum absolute atomic E-state index is 0.613. The third-order valence-corrected chi connectivity index (χ3v) is 2.24. The lowest BCUT2D eigenvalue weighted by molar-refractivity contribution is 0.364. The first-order chi connectivity index (χ1) is 5.83. The summed E-state index contributed by atoms with van der Waals surface area (Å²) in [5.74, 6) is 1.41. The molecule has 1 aromatic heterocycles. The van der Waals surface area contributed by atoms with Crippen molar-refractivity contribution in [1.82, 2.24) is 4.98 Å². The number of methoxy groups -OCH3 is 2. The molecule has 0 fully saturated rings. The Morgan fingerprint density at radius 1 is 1.33 bits per heavy atom. The number of ether oxygens (including phenoxy) is 2. The van der Waals surface area contributed by atoms with Gasteiger partial charge >= 0.3 is 0 Å². The maximum absolute atomic E-state index is 5.14. The third-order valence-electron chi connectivity index (χ3n) is 1.45. The Morgan fingerprint density at radius 2 is 2.08 bits per heavy atom. The first kappa shape index (κ1) is 9.19. The zero-order valence-electron chi connectivity index (χ0n) is 7.33. The van der Waals surface area contributed by atoms with Crippen molar-refractivity contribution in [2.75, 3.05) is 20.5 Å².